The number of carbonyl (C=O) groups is 1. The Morgan fingerprint density at radius 3 is 3.00 bits per heavy atom. The van der Waals surface area contributed by atoms with Crippen molar-refractivity contribution in [1.29, 1.82) is 0 Å². The van der Waals surface area contributed by atoms with E-state index in [1.807, 2.05) is 0 Å². The summed E-state index contributed by atoms with van der Waals surface area (Å²) < 4.78 is 1.71. The average molecular weight is 181 g/mol. The highest BCUT2D eigenvalue weighted by molar-refractivity contribution is 5.94. The molecule has 0 aliphatic carbocycles. The van der Waals surface area contributed by atoms with Crippen LogP contribution in [0.25, 0.3) is 0 Å². The van der Waals surface area contributed by atoms with Crippen LogP contribution in [0.15, 0.2) is 0 Å². The lowest BCUT2D eigenvalue weighted by Gasteiger charge is -2.12. The molecule has 2 heterocycles. The Hall–Kier alpha value is -1.52. The van der Waals surface area contributed by atoms with Crippen molar-refractivity contribution in [3.8, 4) is 0 Å². The van der Waals surface area contributed by atoms with Gasteiger partial charge in [-0.2, -0.15) is 5.10 Å². The summed E-state index contributed by atoms with van der Waals surface area (Å²) in [5, 5.41) is 12.9. The summed E-state index contributed by atoms with van der Waals surface area (Å²) in [6, 6.07) is 0. The summed E-state index contributed by atoms with van der Waals surface area (Å²) in [6.07, 6.45) is 2.84. The van der Waals surface area contributed by atoms with E-state index in [9.17, 15) is 4.79 Å². The smallest absolute Gasteiger partial charge is 0.341 e. The molecule has 0 saturated heterocycles. The number of aromatic carboxylic acids is 1. The third-order valence-corrected chi connectivity index (χ3v) is 2.33. The maximum absolute atomic E-state index is 10.8. The van der Waals surface area contributed by atoms with Gasteiger partial charge in [0, 0.05) is 6.54 Å². The quantitative estimate of drug-likeness (QED) is 0.661. The minimum atomic E-state index is -0.972. The van der Waals surface area contributed by atoms with E-state index < -0.39 is 5.97 Å². The van der Waals surface area contributed by atoms with Gasteiger partial charge in [0.25, 0.3) is 0 Å². The van der Waals surface area contributed by atoms with E-state index >= 15 is 0 Å². The molecule has 0 fully saturated rings. The average Bonchev–Trinajstić information content (AvgIpc) is 2.39. The second kappa shape index (κ2) is 2.76. The Morgan fingerprint density at radius 2 is 2.31 bits per heavy atom. The summed E-state index contributed by atoms with van der Waals surface area (Å²) in [7, 11) is 0. The Morgan fingerprint density at radius 1 is 1.54 bits per heavy atom. The zero-order valence-corrected chi connectivity index (χ0v) is 7.16. The summed E-state index contributed by atoms with van der Waals surface area (Å²) in [5.41, 5.74) is 6.48. The van der Waals surface area contributed by atoms with Gasteiger partial charge < -0.3 is 10.8 Å². The van der Waals surface area contributed by atoms with Gasteiger partial charge in [0.2, 0.25) is 0 Å². The molecule has 1 aliphatic heterocycles. The molecule has 0 bridgehead atoms. The molecule has 70 valence electrons. The molecule has 1 aromatic rings. The third-order valence-electron chi connectivity index (χ3n) is 2.33. The predicted molar refractivity (Wildman–Crippen MR) is 46.5 cm³/mol. The predicted octanol–water partition coefficient (Wildman–Crippen LogP) is 0.500. The number of carboxylic acids is 1. The van der Waals surface area contributed by atoms with Crippen molar-refractivity contribution in [3.63, 3.8) is 0 Å². The normalized spacial score (nSPS) is 15.4. The van der Waals surface area contributed by atoms with E-state index in [1.54, 1.807) is 4.68 Å². The molecule has 0 aromatic carbocycles. The molecule has 13 heavy (non-hydrogen) atoms. The molecule has 5 nitrogen and oxygen atoms in total. The van der Waals surface area contributed by atoms with Crippen LogP contribution in [-0.4, -0.2) is 20.9 Å². The molecule has 0 spiro atoms. The minimum Gasteiger partial charge on any atom is -0.477 e. The van der Waals surface area contributed by atoms with Gasteiger partial charge in [-0.1, -0.05) is 0 Å². The summed E-state index contributed by atoms with van der Waals surface area (Å²) in [4.78, 5) is 10.8. The molecule has 2 rings (SSSR count). The van der Waals surface area contributed by atoms with Gasteiger partial charge in [0.1, 0.15) is 5.56 Å². The highest BCUT2D eigenvalue weighted by atomic mass is 16.4. The Bertz CT molecular complexity index is 357. The number of rotatable bonds is 1. The summed E-state index contributed by atoms with van der Waals surface area (Å²) >= 11 is 0. The van der Waals surface area contributed by atoms with Crippen LogP contribution in [0.4, 0.5) is 5.82 Å². The fourth-order valence-corrected chi connectivity index (χ4v) is 1.74. The SMILES string of the molecule is Nc1nn2c(c1C(=O)O)CCCC2. The molecule has 0 radical (unpaired) electrons. The van der Waals surface area contributed by atoms with Crippen molar-refractivity contribution in [2.75, 3.05) is 5.73 Å². The van der Waals surface area contributed by atoms with Crippen molar-refractivity contribution in [2.45, 2.75) is 25.8 Å². The molecular formula is C8H11N3O2. The van der Waals surface area contributed by atoms with Crippen LogP contribution in [0.2, 0.25) is 0 Å². The molecular weight excluding hydrogens is 170 g/mol. The Kier molecular flexibility index (Phi) is 1.72. The van der Waals surface area contributed by atoms with Gasteiger partial charge in [-0.05, 0) is 19.3 Å². The van der Waals surface area contributed by atoms with Gasteiger partial charge in [-0.15, -0.1) is 0 Å². The molecule has 1 aromatic heterocycles. The highest BCUT2D eigenvalue weighted by Crippen LogP contribution is 2.22. The van der Waals surface area contributed by atoms with Crippen LogP contribution in [0.3, 0.4) is 0 Å². The first-order chi connectivity index (χ1) is 6.20. The standard InChI is InChI=1S/C8H11N3O2/c9-7-6(8(12)13)5-3-1-2-4-11(5)10-7/h1-4H2,(H2,9,10)(H,12,13). The lowest BCUT2D eigenvalue weighted by molar-refractivity contribution is 0.0696. The Balaban J connectivity index is 2.54. The van der Waals surface area contributed by atoms with Crippen molar-refractivity contribution in [2.24, 2.45) is 0 Å². The van der Waals surface area contributed by atoms with Crippen LogP contribution in [0, 0.1) is 0 Å². The number of nitrogens with two attached hydrogens (primary N) is 1. The number of nitrogens with zero attached hydrogens (tertiary/aromatic N) is 2. The van der Waals surface area contributed by atoms with Crippen LogP contribution in [-0.2, 0) is 13.0 Å². The fraction of sp³-hybridized carbons (Fsp3) is 0.500. The second-order valence-electron chi connectivity index (χ2n) is 3.19. The maximum atomic E-state index is 10.8. The number of hydrogen-bond acceptors (Lipinski definition) is 3. The molecule has 3 N–H and O–H groups in total. The van der Waals surface area contributed by atoms with Crippen molar-refractivity contribution >= 4 is 11.8 Å². The van der Waals surface area contributed by atoms with E-state index in [-0.39, 0.29) is 11.4 Å². The van der Waals surface area contributed by atoms with Gasteiger partial charge in [0.05, 0.1) is 5.69 Å². The largest absolute Gasteiger partial charge is 0.477 e. The van der Waals surface area contributed by atoms with E-state index in [2.05, 4.69) is 5.10 Å². The lowest BCUT2D eigenvalue weighted by atomic mass is 10.1. The first kappa shape index (κ1) is 8.10. The van der Waals surface area contributed by atoms with Gasteiger partial charge in [-0.25, -0.2) is 4.79 Å². The fourth-order valence-electron chi connectivity index (χ4n) is 1.74. The first-order valence-corrected chi connectivity index (χ1v) is 4.28. The van der Waals surface area contributed by atoms with E-state index in [0.29, 0.717) is 0 Å². The molecule has 1 aliphatic rings. The number of aryl methyl sites for hydroxylation is 1. The molecule has 0 unspecified atom stereocenters. The Labute approximate surface area is 75.2 Å². The van der Waals surface area contributed by atoms with Gasteiger partial charge >= 0.3 is 5.97 Å². The number of nitrogen functional groups attached to an aromatic ring is 1. The molecule has 0 amide bonds. The van der Waals surface area contributed by atoms with Crippen molar-refractivity contribution < 1.29 is 9.90 Å². The zero-order chi connectivity index (χ0) is 9.42. The van der Waals surface area contributed by atoms with E-state index in [0.717, 1.165) is 31.5 Å². The number of hydrogen-bond donors (Lipinski definition) is 2. The van der Waals surface area contributed by atoms with Crippen LogP contribution >= 0.6 is 0 Å². The topological polar surface area (TPSA) is 81.1 Å². The monoisotopic (exact) mass is 181 g/mol. The molecule has 0 saturated carbocycles. The molecule has 0 atom stereocenters. The highest BCUT2D eigenvalue weighted by Gasteiger charge is 2.23. The number of fused-ring (bicyclic) bond motifs is 1. The maximum Gasteiger partial charge on any atom is 0.341 e. The first-order valence-electron chi connectivity index (χ1n) is 4.28. The molecule has 5 heteroatoms. The van der Waals surface area contributed by atoms with E-state index in [1.165, 1.54) is 0 Å². The van der Waals surface area contributed by atoms with Crippen molar-refractivity contribution in [3.05, 3.63) is 11.3 Å². The summed E-state index contributed by atoms with van der Waals surface area (Å²) in [5.74, 6) is -0.829. The lowest BCUT2D eigenvalue weighted by Crippen LogP contribution is -2.13. The number of anilines is 1. The second-order valence-corrected chi connectivity index (χ2v) is 3.19. The number of aromatic nitrogens is 2. The zero-order valence-electron chi connectivity index (χ0n) is 7.16. The van der Waals surface area contributed by atoms with E-state index in [4.69, 9.17) is 10.8 Å². The minimum absolute atomic E-state index is 0.143. The van der Waals surface area contributed by atoms with Crippen LogP contribution < -0.4 is 5.73 Å². The van der Waals surface area contributed by atoms with Gasteiger partial charge in [-0.3, -0.25) is 4.68 Å². The van der Waals surface area contributed by atoms with Crippen LogP contribution in [0.1, 0.15) is 28.9 Å². The van der Waals surface area contributed by atoms with Gasteiger partial charge in [0.15, 0.2) is 5.82 Å². The van der Waals surface area contributed by atoms with Crippen LogP contribution in [0.5, 0.6) is 0 Å². The number of carboxylic acid groups (broad SMARTS) is 1. The van der Waals surface area contributed by atoms with Crippen molar-refractivity contribution in [1.82, 2.24) is 9.78 Å². The summed E-state index contributed by atoms with van der Waals surface area (Å²) in [6.45, 7) is 0.785. The third kappa shape index (κ3) is 1.16.